The molecule has 3 aromatic carbocycles. The summed E-state index contributed by atoms with van der Waals surface area (Å²) in [6, 6.07) is 5.42. The summed E-state index contributed by atoms with van der Waals surface area (Å²) in [5.41, 5.74) is 4.62. The van der Waals surface area contributed by atoms with E-state index in [0.717, 1.165) is 23.1 Å². The molecule has 2 fully saturated rings. The van der Waals surface area contributed by atoms with Gasteiger partial charge in [0.1, 0.15) is 18.4 Å². The van der Waals surface area contributed by atoms with E-state index >= 15 is 4.79 Å². The van der Waals surface area contributed by atoms with E-state index < -0.39 is 46.9 Å². The minimum atomic E-state index is -1.31. The van der Waals surface area contributed by atoms with Crippen molar-refractivity contribution >= 4 is 23.7 Å². The number of thioether (sulfide) groups is 1. The van der Waals surface area contributed by atoms with Gasteiger partial charge in [-0.15, -0.1) is 11.8 Å². The summed E-state index contributed by atoms with van der Waals surface area (Å²) in [6.07, 6.45) is 1.86. The molecule has 4 bridgehead atoms. The molecule has 306 valence electrons. The van der Waals surface area contributed by atoms with Gasteiger partial charge in [0.15, 0.2) is 40.0 Å². The lowest BCUT2D eigenvalue weighted by Gasteiger charge is -2.62. The van der Waals surface area contributed by atoms with Crippen molar-refractivity contribution in [1.29, 1.82) is 5.26 Å². The number of aromatic hydroxyl groups is 2. The van der Waals surface area contributed by atoms with Gasteiger partial charge in [0, 0.05) is 53.6 Å². The zero-order chi connectivity index (χ0) is 40.9. The van der Waals surface area contributed by atoms with Gasteiger partial charge in [-0.2, -0.15) is 5.26 Å². The van der Waals surface area contributed by atoms with E-state index in [1.54, 1.807) is 19.2 Å². The molecule has 1 spiro atoms. The van der Waals surface area contributed by atoms with Gasteiger partial charge in [-0.3, -0.25) is 19.5 Å². The first kappa shape index (κ1) is 38.6. The zero-order valence-electron chi connectivity index (χ0n) is 33.7. The van der Waals surface area contributed by atoms with Crippen LogP contribution in [0.4, 0.5) is 0 Å². The number of piperazine rings is 1. The molecule has 1 unspecified atom stereocenters. The number of nitrogens with zero attached hydrogens (tertiary/aromatic N) is 4. The number of hydrogen-bond donors (Lipinski definition) is 2. The number of ether oxygens (including phenoxy) is 6. The Bertz CT molecular complexity index is 2300. The van der Waals surface area contributed by atoms with E-state index in [1.807, 2.05) is 20.9 Å². The van der Waals surface area contributed by atoms with Crippen LogP contribution in [0.1, 0.15) is 82.1 Å². The van der Waals surface area contributed by atoms with Crippen LogP contribution in [0.2, 0.25) is 0 Å². The van der Waals surface area contributed by atoms with Crippen LogP contribution in [0.25, 0.3) is 0 Å². The number of carbonyl (C=O) groups is 2. The van der Waals surface area contributed by atoms with E-state index in [0.29, 0.717) is 76.7 Å². The third-order valence-corrected chi connectivity index (χ3v) is 14.7. The second kappa shape index (κ2) is 14.1. The molecule has 7 aliphatic rings. The topological polar surface area (TPSA) is 163 Å². The van der Waals surface area contributed by atoms with Crippen molar-refractivity contribution in [3.05, 3.63) is 62.7 Å². The van der Waals surface area contributed by atoms with Crippen molar-refractivity contribution in [3.8, 4) is 46.3 Å². The lowest BCUT2D eigenvalue weighted by atomic mass is 9.71. The summed E-state index contributed by atoms with van der Waals surface area (Å²) in [4.78, 5) is 34.9. The first-order valence-corrected chi connectivity index (χ1v) is 20.8. The minimum absolute atomic E-state index is 0.00814. The number of benzene rings is 3. The molecule has 15 heteroatoms. The highest BCUT2D eigenvalue weighted by Gasteiger charge is 2.62. The Kier molecular flexibility index (Phi) is 9.42. The molecule has 58 heavy (non-hydrogen) atoms. The Morgan fingerprint density at radius 2 is 1.83 bits per heavy atom. The Labute approximate surface area is 341 Å². The number of methoxy groups -OCH3 is 2. The summed E-state index contributed by atoms with van der Waals surface area (Å²) in [6.45, 7) is 8.11. The van der Waals surface area contributed by atoms with Crippen molar-refractivity contribution in [2.45, 2.75) is 88.0 Å². The zero-order valence-corrected chi connectivity index (χ0v) is 34.5. The fourth-order valence-corrected chi connectivity index (χ4v) is 12.7. The van der Waals surface area contributed by atoms with Crippen LogP contribution in [0.3, 0.4) is 0 Å². The van der Waals surface area contributed by atoms with Gasteiger partial charge in [-0.1, -0.05) is 13.0 Å². The van der Waals surface area contributed by atoms with Gasteiger partial charge in [-0.25, -0.2) is 4.79 Å². The highest BCUT2D eigenvalue weighted by Crippen LogP contribution is 2.65. The van der Waals surface area contributed by atoms with Gasteiger partial charge >= 0.3 is 11.9 Å². The summed E-state index contributed by atoms with van der Waals surface area (Å²) in [7, 11) is 5.03. The normalized spacial score (nSPS) is 28.4. The van der Waals surface area contributed by atoms with Gasteiger partial charge < -0.3 is 38.6 Å². The maximum Gasteiger partial charge on any atom is 0.332 e. The number of rotatable bonds is 5. The Balaban J connectivity index is 1.35. The minimum Gasteiger partial charge on any atom is -0.504 e. The average Bonchev–Trinajstić information content (AvgIpc) is 3.69. The standard InChI is InChI=1S/C43H48N4O10S/c1-8-10-46-11-9-23-14-29(49)30(52-6)15-25(23)43(46)18-58-41-33-32(40-39(55-19-56-40)21(3)38(33)57-22(4)48)28(17-54-42(43)51)47-27(16-44)26-13-24-12-20(2)37(53-7)36(50)31(24)34(35(41)47)45(26)5/h12,14-15,26-28,34-35,41,49-50H,8-11,13,17-19H2,1-7H3/t26-,27-,28-,34-,35?,41+,43+/m0/s1. The van der Waals surface area contributed by atoms with Crippen LogP contribution in [0.5, 0.6) is 40.2 Å². The number of hydrogen-bond acceptors (Lipinski definition) is 15. The maximum absolute atomic E-state index is 15.3. The third-order valence-electron chi connectivity index (χ3n) is 13.3. The van der Waals surface area contributed by atoms with Crippen LogP contribution in [0.15, 0.2) is 18.2 Å². The maximum atomic E-state index is 15.3. The number of fused-ring (bicyclic) bond motifs is 9. The van der Waals surface area contributed by atoms with Gasteiger partial charge in [0.05, 0.1) is 37.6 Å². The monoisotopic (exact) mass is 812 g/mol. The summed E-state index contributed by atoms with van der Waals surface area (Å²) in [5.74, 6) is 1.16. The number of likely N-dealkylation sites (N-methyl/N-ethyl adjacent to an activating group) is 1. The molecule has 10 rings (SSSR count). The Morgan fingerprint density at radius 3 is 2.53 bits per heavy atom. The van der Waals surface area contributed by atoms with Crippen molar-refractivity contribution in [2.75, 3.05) is 53.5 Å². The molecule has 14 nitrogen and oxygen atoms in total. The van der Waals surface area contributed by atoms with E-state index in [4.69, 9.17) is 28.4 Å². The highest BCUT2D eigenvalue weighted by atomic mass is 32.2. The number of phenols is 2. The molecule has 2 N–H and O–H groups in total. The highest BCUT2D eigenvalue weighted by molar-refractivity contribution is 7.99. The van der Waals surface area contributed by atoms with Crippen molar-refractivity contribution < 1.29 is 48.2 Å². The van der Waals surface area contributed by atoms with Crippen molar-refractivity contribution in [2.24, 2.45) is 0 Å². The molecule has 2 saturated heterocycles. The number of nitriles is 1. The smallest absolute Gasteiger partial charge is 0.332 e. The molecular formula is C43H48N4O10S. The predicted molar refractivity (Wildman–Crippen MR) is 212 cm³/mol. The van der Waals surface area contributed by atoms with E-state index in [1.165, 1.54) is 25.8 Å². The van der Waals surface area contributed by atoms with Crippen molar-refractivity contribution in [3.63, 3.8) is 0 Å². The van der Waals surface area contributed by atoms with Crippen molar-refractivity contribution in [1.82, 2.24) is 14.7 Å². The molecule has 7 heterocycles. The first-order valence-electron chi connectivity index (χ1n) is 19.8. The van der Waals surface area contributed by atoms with Crippen LogP contribution in [-0.2, 0) is 32.7 Å². The first-order chi connectivity index (χ1) is 27.9. The van der Waals surface area contributed by atoms with Gasteiger partial charge in [0.25, 0.3) is 0 Å². The molecule has 0 aromatic heterocycles. The number of carbonyl (C=O) groups excluding carboxylic acids is 2. The quantitative estimate of drug-likeness (QED) is 0.258. The van der Waals surface area contributed by atoms with Crippen LogP contribution >= 0.6 is 11.8 Å². The number of phenolic OH excluding ortho intramolecular Hbond substituents is 2. The molecule has 7 atom stereocenters. The fourth-order valence-electron chi connectivity index (χ4n) is 10.9. The Hall–Kier alpha value is -4.88. The molecule has 0 radical (unpaired) electrons. The fraction of sp³-hybridized carbons (Fsp3) is 0.512. The molecule has 7 aliphatic heterocycles. The molecule has 0 saturated carbocycles. The van der Waals surface area contributed by atoms with Crippen LogP contribution < -0.4 is 23.7 Å². The summed E-state index contributed by atoms with van der Waals surface area (Å²) >= 11 is 1.53. The number of aryl methyl sites for hydroxylation is 1. The van der Waals surface area contributed by atoms with E-state index in [-0.39, 0.29) is 42.4 Å². The molecule has 0 aliphatic carbocycles. The van der Waals surface area contributed by atoms with Gasteiger partial charge in [0.2, 0.25) is 6.79 Å². The SMILES string of the molecule is CCCN1CCc2cc(O)c(OC)cc2[C@@]12CS[C@@H]1c3c(OC(C)=O)c(C)c4c(c3[C@H](COC2=O)N2C1[C@@H]1c3c(cc(C)c(OC)c3O)C[C@@H]([C@@H]2C#N)N1C)OCO4. The lowest BCUT2D eigenvalue weighted by Crippen LogP contribution is -2.69. The largest absolute Gasteiger partial charge is 0.504 e. The lowest BCUT2D eigenvalue weighted by molar-refractivity contribution is -0.164. The van der Waals surface area contributed by atoms with Crippen LogP contribution in [0, 0.1) is 25.2 Å². The second-order valence-electron chi connectivity index (χ2n) is 16.1. The second-order valence-corrected chi connectivity index (χ2v) is 17.2. The summed E-state index contributed by atoms with van der Waals surface area (Å²) < 4.78 is 36.6. The number of esters is 2. The summed E-state index contributed by atoms with van der Waals surface area (Å²) in [5, 5.41) is 33.7. The Morgan fingerprint density at radius 1 is 1.05 bits per heavy atom. The van der Waals surface area contributed by atoms with Crippen LogP contribution in [-0.4, -0.2) is 108 Å². The third kappa shape index (κ3) is 5.27. The average molecular weight is 813 g/mol. The molecule has 0 amide bonds. The van der Waals surface area contributed by atoms with E-state index in [9.17, 15) is 20.3 Å². The molecular weight excluding hydrogens is 765 g/mol. The van der Waals surface area contributed by atoms with E-state index in [2.05, 4.69) is 33.8 Å². The van der Waals surface area contributed by atoms with Gasteiger partial charge in [-0.05, 0) is 81.1 Å². The predicted octanol–water partition coefficient (Wildman–Crippen LogP) is 5.11. The molecule has 3 aromatic rings.